The minimum absolute atomic E-state index is 0.118. The Morgan fingerprint density at radius 3 is 1.62 bits per heavy atom. The van der Waals surface area contributed by atoms with Crippen LogP contribution in [0.5, 0.6) is 0 Å². The summed E-state index contributed by atoms with van der Waals surface area (Å²) in [6, 6.07) is 8.68. The second-order valence-electron chi connectivity index (χ2n) is 7.18. The number of rotatable bonds is 3. The highest BCUT2D eigenvalue weighted by molar-refractivity contribution is 7.89. The van der Waals surface area contributed by atoms with E-state index in [1.807, 2.05) is 0 Å². The molecular formula is C18H12N4O7S3. The highest BCUT2D eigenvalue weighted by atomic mass is 32.2. The Balaban J connectivity index is 1.94. The summed E-state index contributed by atoms with van der Waals surface area (Å²) in [4.78, 5) is 7.98. The zero-order chi connectivity index (χ0) is 23.2. The van der Waals surface area contributed by atoms with Crippen molar-refractivity contribution < 1.29 is 29.8 Å². The van der Waals surface area contributed by atoms with Gasteiger partial charge in [0.2, 0.25) is 20.0 Å². The summed E-state index contributed by atoms with van der Waals surface area (Å²) in [5.74, 6) is 0. The van der Waals surface area contributed by atoms with Crippen molar-refractivity contribution in [3.05, 3.63) is 42.5 Å². The Kier molecular flexibility index (Phi) is 4.09. The van der Waals surface area contributed by atoms with Crippen LogP contribution in [0.4, 0.5) is 0 Å². The Labute approximate surface area is 181 Å². The molecule has 0 aliphatic heterocycles. The van der Waals surface area contributed by atoms with E-state index in [0.29, 0.717) is 16.5 Å². The third kappa shape index (κ3) is 3.16. The lowest BCUT2D eigenvalue weighted by Gasteiger charge is -2.07. The van der Waals surface area contributed by atoms with Crippen LogP contribution in [0.1, 0.15) is 0 Å². The van der Waals surface area contributed by atoms with Gasteiger partial charge in [0, 0.05) is 16.5 Å². The summed E-state index contributed by atoms with van der Waals surface area (Å²) < 4.78 is 80.4. The topological polar surface area (TPSA) is 200 Å². The van der Waals surface area contributed by atoms with Gasteiger partial charge in [-0.15, -0.1) is 0 Å². The van der Waals surface area contributed by atoms with Gasteiger partial charge in [0.15, 0.2) is 0 Å². The molecule has 0 radical (unpaired) electrons. The van der Waals surface area contributed by atoms with Crippen molar-refractivity contribution in [1.82, 2.24) is 9.97 Å². The van der Waals surface area contributed by atoms with Gasteiger partial charge in [-0.3, -0.25) is 4.55 Å². The maximum atomic E-state index is 12.0. The molecule has 5 N–H and O–H groups in total. The standard InChI is InChI=1S/C18H12N4O7S3/c19-30(23,24)10-3-8-4-11(31(20,25)26)6-13-16(8)12(5-10)17-18(13)22-15-7-9(32(27,28)29)1-2-14(15)21-17/h1-7H,(H2,19,23,24)(H2,20,25,26)(H,27,28,29). The van der Waals surface area contributed by atoms with Crippen LogP contribution >= 0.6 is 0 Å². The summed E-state index contributed by atoms with van der Waals surface area (Å²) >= 11 is 0. The maximum Gasteiger partial charge on any atom is 0.294 e. The van der Waals surface area contributed by atoms with Gasteiger partial charge in [0.25, 0.3) is 10.1 Å². The Morgan fingerprint density at radius 2 is 1.16 bits per heavy atom. The van der Waals surface area contributed by atoms with Crippen LogP contribution in [0, 0.1) is 0 Å². The molecule has 0 amide bonds. The first-order valence-electron chi connectivity index (χ1n) is 8.71. The Morgan fingerprint density at radius 1 is 0.656 bits per heavy atom. The van der Waals surface area contributed by atoms with Crippen molar-refractivity contribution in [3.8, 4) is 22.5 Å². The quantitative estimate of drug-likeness (QED) is 0.307. The fourth-order valence-corrected chi connectivity index (χ4v) is 5.38. The number of nitrogens with two attached hydrogens (primary N) is 2. The third-order valence-corrected chi connectivity index (χ3v) is 7.73. The molecule has 1 aromatic heterocycles. The molecule has 14 heteroatoms. The van der Waals surface area contributed by atoms with E-state index in [-0.39, 0.29) is 37.6 Å². The largest absolute Gasteiger partial charge is 0.294 e. The van der Waals surface area contributed by atoms with Crippen molar-refractivity contribution in [1.29, 1.82) is 0 Å². The van der Waals surface area contributed by atoms with Crippen LogP contribution in [-0.2, 0) is 30.2 Å². The number of hydrogen-bond donors (Lipinski definition) is 3. The normalized spacial score (nSPS) is 13.6. The highest BCUT2D eigenvalue weighted by Gasteiger charge is 2.29. The van der Waals surface area contributed by atoms with Gasteiger partial charge >= 0.3 is 0 Å². The first-order valence-corrected chi connectivity index (χ1v) is 13.2. The molecule has 0 saturated carbocycles. The van der Waals surface area contributed by atoms with Crippen LogP contribution < -0.4 is 10.3 Å². The highest BCUT2D eigenvalue weighted by Crippen LogP contribution is 2.47. The van der Waals surface area contributed by atoms with Crippen LogP contribution in [0.25, 0.3) is 44.3 Å². The molecule has 0 fully saturated rings. The van der Waals surface area contributed by atoms with Crippen molar-refractivity contribution in [3.63, 3.8) is 0 Å². The van der Waals surface area contributed by atoms with Crippen LogP contribution in [0.3, 0.4) is 0 Å². The molecule has 0 atom stereocenters. The summed E-state index contributed by atoms with van der Waals surface area (Å²) in [7, 11) is -12.8. The lowest BCUT2D eigenvalue weighted by Crippen LogP contribution is -2.13. The second kappa shape index (κ2) is 6.28. The molecule has 0 spiro atoms. The molecule has 4 aromatic rings. The molecule has 32 heavy (non-hydrogen) atoms. The zero-order valence-corrected chi connectivity index (χ0v) is 18.2. The average molecular weight is 493 g/mol. The molecule has 1 aliphatic carbocycles. The van der Waals surface area contributed by atoms with Gasteiger partial charge < -0.3 is 0 Å². The molecular weight excluding hydrogens is 480 g/mol. The van der Waals surface area contributed by atoms with Gasteiger partial charge in [-0.05, 0) is 47.9 Å². The first kappa shape index (κ1) is 20.9. The summed E-state index contributed by atoms with van der Waals surface area (Å²) in [6.07, 6.45) is 0. The fourth-order valence-electron chi connectivity index (χ4n) is 3.73. The van der Waals surface area contributed by atoms with E-state index in [1.165, 1.54) is 30.3 Å². The third-order valence-electron chi connectivity index (χ3n) is 5.10. The molecule has 0 saturated heterocycles. The van der Waals surface area contributed by atoms with Gasteiger partial charge in [-0.2, -0.15) is 8.42 Å². The molecule has 1 heterocycles. The number of aromatic nitrogens is 2. The van der Waals surface area contributed by atoms with E-state index in [1.54, 1.807) is 0 Å². The van der Waals surface area contributed by atoms with Crippen molar-refractivity contribution in [2.24, 2.45) is 10.3 Å². The smallest absolute Gasteiger partial charge is 0.282 e. The zero-order valence-electron chi connectivity index (χ0n) is 15.7. The van der Waals surface area contributed by atoms with Crippen molar-refractivity contribution >= 4 is 52.0 Å². The predicted molar refractivity (Wildman–Crippen MR) is 114 cm³/mol. The SMILES string of the molecule is NS(=O)(=O)c1cc2c3c(cc(S(N)(=O)=O)cc3c1)-c1nc3cc(S(=O)(=O)O)ccc3nc1-2. The molecule has 164 valence electrons. The van der Waals surface area contributed by atoms with E-state index in [9.17, 15) is 29.8 Å². The summed E-state index contributed by atoms with van der Waals surface area (Å²) in [6.45, 7) is 0. The fraction of sp³-hybridized carbons (Fsp3) is 0. The summed E-state index contributed by atoms with van der Waals surface area (Å²) in [5, 5.41) is 11.3. The monoisotopic (exact) mass is 492 g/mol. The van der Waals surface area contributed by atoms with Crippen LogP contribution in [-0.4, -0.2) is 39.8 Å². The Bertz CT molecular complexity index is 1840. The van der Waals surface area contributed by atoms with Crippen molar-refractivity contribution in [2.75, 3.05) is 0 Å². The van der Waals surface area contributed by atoms with Crippen LogP contribution in [0.2, 0.25) is 0 Å². The molecule has 0 unspecified atom stereocenters. The average Bonchev–Trinajstić information content (AvgIpc) is 2.98. The van der Waals surface area contributed by atoms with Gasteiger partial charge in [-0.25, -0.2) is 37.1 Å². The van der Waals surface area contributed by atoms with E-state index in [4.69, 9.17) is 10.3 Å². The minimum Gasteiger partial charge on any atom is -0.282 e. The van der Waals surface area contributed by atoms with Crippen LogP contribution in [0.15, 0.2) is 57.2 Å². The molecule has 3 aromatic carbocycles. The lowest BCUT2D eigenvalue weighted by molar-refractivity contribution is 0.483. The number of benzene rings is 3. The van der Waals surface area contributed by atoms with Gasteiger partial charge in [0.05, 0.1) is 37.1 Å². The van der Waals surface area contributed by atoms with E-state index < -0.39 is 35.1 Å². The van der Waals surface area contributed by atoms with E-state index >= 15 is 0 Å². The molecule has 0 bridgehead atoms. The van der Waals surface area contributed by atoms with Gasteiger partial charge in [-0.1, -0.05) is 0 Å². The molecule has 5 rings (SSSR count). The number of fused-ring (bicyclic) bond motifs is 4. The van der Waals surface area contributed by atoms with Gasteiger partial charge in [0.1, 0.15) is 0 Å². The number of nitrogens with zero attached hydrogens (tertiary/aromatic N) is 2. The predicted octanol–water partition coefficient (Wildman–Crippen LogP) is 0.972. The Hall–Kier alpha value is -3.01. The number of hydrogen-bond acceptors (Lipinski definition) is 8. The molecule has 11 nitrogen and oxygen atoms in total. The number of primary sulfonamides is 2. The maximum absolute atomic E-state index is 12.0. The lowest BCUT2D eigenvalue weighted by atomic mass is 10.0. The summed E-state index contributed by atoms with van der Waals surface area (Å²) in [5.41, 5.74) is 1.53. The van der Waals surface area contributed by atoms with Crippen molar-refractivity contribution in [2.45, 2.75) is 14.7 Å². The van der Waals surface area contributed by atoms with E-state index in [2.05, 4.69) is 9.97 Å². The van der Waals surface area contributed by atoms with E-state index in [0.717, 1.165) is 12.1 Å². The second-order valence-corrected chi connectivity index (χ2v) is 11.7. The first-order chi connectivity index (χ1) is 14.7. The number of sulfonamides is 2. The molecule has 1 aliphatic rings. The minimum atomic E-state index is -4.49.